The lowest BCUT2D eigenvalue weighted by molar-refractivity contribution is -0.115. The van der Waals surface area contributed by atoms with E-state index < -0.39 is 0 Å². The Labute approximate surface area is 152 Å². The van der Waals surface area contributed by atoms with Crippen LogP contribution in [0.25, 0.3) is 10.2 Å². The van der Waals surface area contributed by atoms with E-state index in [0.717, 1.165) is 14.6 Å². The van der Waals surface area contributed by atoms with Crippen LogP contribution in [0.1, 0.15) is 12.5 Å². The number of halogens is 1. The van der Waals surface area contributed by atoms with Gasteiger partial charge in [-0.05, 0) is 37.3 Å². The summed E-state index contributed by atoms with van der Waals surface area (Å²) in [5, 5.41) is 12.2. The summed E-state index contributed by atoms with van der Waals surface area (Å²) in [5.41, 5.74) is 1.80. The van der Waals surface area contributed by atoms with Gasteiger partial charge in [0.05, 0.1) is 26.7 Å². The van der Waals surface area contributed by atoms with Crippen molar-refractivity contribution in [2.24, 2.45) is 0 Å². The summed E-state index contributed by atoms with van der Waals surface area (Å²) in [4.78, 5) is 16.9. The normalized spacial score (nSPS) is 11.9. The highest BCUT2D eigenvalue weighted by Gasteiger charge is 2.18. The number of carbonyl (C=O) groups is 1. The number of carbonyl (C=O) groups excluding carboxylic acids is 1. The Morgan fingerprint density at radius 3 is 2.96 bits per heavy atom. The third-order valence-corrected chi connectivity index (χ3v) is 5.75. The molecular formula is C17H12ClN3OS2. The van der Waals surface area contributed by atoms with Crippen LogP contribution in [0.4, 0.5) is 5.69 Å². The van der Waals surface area contributed by atoms with Gasteiger partial charge in [0.2, 0.25) is 5.91 Å². The molecule has 2 aromatic carbocycles. The average Bonchev–Trinajstić information content (AvgIpc) is 2.96. The molecule has 0 aliphatic rings. The van der Waals surface area contributed by atoms with Gasteiger partial charge in [0.25, 0.3) is 0 Å². The molecule has 0 radical (unpaired) electrons. The molecule has 24 heavy (non-hydrogen) atoms. The van der Waals surface area contributed by atoms with Crippen molar-refractivity contribution < 1.29 is 4.79 Å². The zero-order valence-corrected chi connectivity index (χ0v) is 15.0. The van der Waals surface area contributed by atoms with Crippen molar-refractivity contribution in [2.45, 2.75) is 16.5 Å². The number of para-hydroxylation sites is 1. The molecule has 3 aromatic rings. The molecule has 3 rings (SSSR count). The van der Waals surface area contributed by atoms with Crippen LogP contribution >= 0.6 is 34.7 Å². The number of fused-ring (bicyclic) bond motifs is 1. The Hall–Kier alpha value is -2.07. The van der Waals surface area contributed by atoms with Crippen molar-refractivity contribution in [1.29, 1.82) is 5.26 Å². The van der Waals surface area contributed by atoms with Crippen molar-refractivity contribution in [3.63, 3.8) is 0 Å². The van der Waals surface area contributed by atoms with Crippen molar-refractivity contribution >= 4 is 56.5 Å². The Balaban J connectivity index is 1.72. The first kappa shape index (κ1) is 16.8. The molecule has 0 saturated heterocycles. The van der Waals surface area contributed by atoms with Crippen molar-refractivity contribution in [1.82, 2.24) is 4.98 Å². The molecule has 0 unspecified atom stereocenters. The molecule has 0 spiro atoms. The maximum atomic E-state index is 12.4. The SMILES string of the molecule is C[C@@H](Sc1nc2cc(Cl)ccc2s1)C(=O)Nc1ccccc1C#N. The first-order valence-corrected chi connectivity index (χ1v) is 9.17. The second kappa shape index (κ2) is 7.22. The van der Waals surface area contributed by atoms with Crippen LogP contribution in [-0.2, 0) is 4.79 Å². The predicted molar refractivity (Wildman–Crippen MR) is 99.7 cm³/mol. The zero-order chi connectivity index (χ0) is 17.1. The molecule has 0 saturated carbocycles. The summed E-state index contributed by atoms with van der Waals surface area (Å²) < 4.78 is 1.84. The second-order valence-electron chi connectivity index (χ2n) is 5.00. The molecule has 0 fully saturated rings. The summed E-state index contributed by atoms with van der Waals surface area (Å²) in [6.45, 7) is 1.81. The number of nitrogens with zero attached hydrogens (tertiary/aromatic N) is 2. The molecular weight excluding hydrogens is 362 g/mol. The van der Waals surface area contributed by atoms with Crippen LogP contribution in [0.5, 0.6) is 0 Å². The van der Waals surface area contributed by atoms with E-state index in [-0.39, 0.29) is 11.2 Å². The van der Waals surface area contributed by atoms with E-state index in [1.54, 1.807) is 24.3 Å². The van der Waals surface area contributed by atoms with Gasteiger partial charge in [-0.3, -0.25) is 4.79 Å². The maximum absolute atomic E-state index is 12.4. The summed E-state index contributed by atoms with van der Waals surface area (Å²) in [6, 6.07) is 14.6. The van der Waals surface area contributed by atoms with E-state index in [1.165, 1.54) is 23.1 Å². The van der Waals surface area contributed by atoms with Gasteiger partial charge < -0.3 is 5.32 Å². The van der Waals surface area contributed by atoms with Gasteiger partial charge in [-0.2, -0.15) is 5.26 Å². The van der Waals surface area contributed by atoms with Crippen LogP contribution in [0.3, 0.4) is 0 Å². The minimum Gasteiger partial charge on any atom is -0.324 e. The Kier molecular flexibility index (Phi) is 5.05. The fraction of sp³-hybridized carbons (Fsp3) is 0.118. The largest absolute Gasteiger partial charge is 0.324 e. The molecule has 4 nitrogen and oxygen atoms in total. The predicted octanol–water partition coefficient (Wildman–Crippen LogP) is 4.94. The van der Waals surface area contributed by atoms with Gasteiger partial charge in [-0.1, -0.05) is 35.5 Å². The number of benzene rings is 2. The highest BCUT2D eigenvalue weighted by Crippen LogP contribution is 2.33. The molecule has 0 bridgehead atoms. The monoisotopic (exact) mass is 373 g/mol. The minimum atomic E-state index is -0.340. The number of thiazole rings is 1. The summed E-state index contributed by atoms with van der Waals surface area (Å²) in [6.07, 6.45) is 0. The quantitative estimate of drug-likeness (QED) is 0.658. The second-order valence-corrected chi connectivity index (χ2v) is 8.05. The van der Waals surface area contributed by atoms with E-state index in [4.69, 9.17) is 16.9 Å². The Morgan fingerprint density at radius 2 is 2.17 bits per heavy atom. The summed E-state index contributed by atoms with van der Waals surface area (Å²) >= 11 is 8.88. The third kappa shape index (κ3) is 3.70. The first-order chi connectivity index (χ1) is 11.6. The fourth-order valence-corrected chi connectivity index (χ4v) is 4.42. The maximum Gasteiger partial charge on any atom is 0.237 e. The molecule has 1 heterocycles. The smallest absolute Gasteiger partial charge is 0.237 e. The fourth-order valence-electron chi connectivity index (χ4n) is 2.06. The topological polar surface area (TPSA) is 65.8 Å². The zero-order valence-electron chi connectivity index (χ0n) is 12.6. The number of amides is 1. The lowest BCUT2D eigenvalue weighted by Gasteiger charge is -2.11. The molecule has 1 atom stereocenters. The van der Waals surface area contributed by atoms with Crippen LogP contribution in [0.2, 0.25) is 5.02 Å². The average molecular weight is 374 g/mol. The lowest BCUT2D eigenvalue weighted by Crippen LogP contribution is -2.22. The summed E-state index contributed by atoms with van der Waals surface area (Å²) in [5.74, 6) is -0.167. The minimum absolute atomic E-state index is 0.167. The van der Waals surface area contributed by atoms with Crippen LogP contribution < -0.4 is 5.32 Å². The van der Waals surface area contributed by atoms with Gasteiger partial charge in [0.1, 0.15) is 6.07 Å². The van der Waals surface area contributed by atoms with Gasteiger partial charge in [-0.25, -0.2) is 4.98 Å². The molecule has 0 aliphatic heterocycles. The number of hydrogen-bond donors (Lipinski definition) is 1. The van der Waals surface area contributed by atoms with Gasteiger partial charge >= 0.3 is 0 Å². The van der Waals surface area contributed by atoms with E-state index in [2.05, 4.69) is 16.4 Å². The third-order valence-electron chi connectivity index (χ3n) is 3.28. The van der Waals surface area contributed by atoms with Gasteiger partial charge in [0, 0.05) is 5.02 Å². The van der Waals surface area contributed by atoms with Crippen molar-refractivity contribution in [3.05, 3.63) is 53.1 Å². The Bertz CT molecular complexity index is 948. The highest BCUT2D eigenvalue weighted by atomic mass is 35.5. The van der Waals surface area contributed by atoms with E-state index >= 15 is 0 Å². The molecule has 0 aliphatic carbocycles. The standard InChI is InChI=1S/C17H12ClN3OS2/c1-10(16(22)20-13-5-3-2-4-11(13)9-19)23-17-21-14-8-12(18)6-7-15(14)24-17/h2-8,10H,1H3,(H,20,22)/t10-/m1/s1. The Morgan fingerprint density at radius 1 is 1.38 bits per heavy atom. The molecule has 7 heteroatoms. The number of nitrogens with one attached hydrogen (secondary N) is 1. The number of thioether (sulfide) groups is 1. The van der Waals surface area contributed by atoms with E-state index in [9.17, 15) is 4.79 Å². The van der Waals surface area contributed by atoms with Crippen LogP contribution in [0, 0.1) is 11.3 Å². The molecule has 1 N–H and O–H groups in total. The first-order valence-electron chi connectivity index (χ1n) is 7.09. The van der Waals surface area contributed by atoms with Crippen molar-refractivity contribution in [3.8, 4) is 6.07 Å². The summed E-state index contributed by atoms with van der Waals surface area (Å²) in [7, 11) is 0. The van der Waals surface area contributed by atoms with Gasteiger partial charge in [0.15, 0.2) is 4.34 Å². The van der Waals surface area contributed by atoms with E-state index in [0.29, 0.717) is 16.3 Å². The molecule has 1 amide bonds. The lowest BCUT2D eigenvalue weighted by atomic mass is 10.2. The van der Waals surface area contributed by atoms with Crippen LogP contribution in [0.15, 0.2) is 46.8 Å². The number of rotatable bonds is 4. The number of hydrogen-bond acceptors (Lipinski definition) is 5. The van der Waals surface area contributed by atoms with Crippen molar-refractivity contribution in [2.75, 3.05) is 5.32 Å². The van der Waals surface area contributed by atoms with Gasteiger partial charge in [-0.15, -0.1) is 11.3 Å². The number of anilines is 1. The highest BCUT2D eigenvalue weighted by molar-refractivity contribution is 8.02. The number of nitriles is 1. The number of aromatic nitrogens is 1. The molecule has 120 valence electrons. The molecule has 1 aromatic heterocycles. The van der Waals surface area contributed by atoms with E-state index in [1.807, 2.05) is 25.1 Å². The van der Waals surface area contributed by atoms with Crippen LogP contribution in [-0.4, -0.2) is 16.1 Å².